The van der Waals surface area contributed by atoms with Crippen LogP contribution < -0.4 is 20.1 Å². The number of benzene rings is 2. The summed E-state index contributed by atoms with van der Waals surface area (Å²) in [5.74, 6) is 1.66. The molecule has 166 valence electrons. The Hall–Kier alpha value is -2.28. The van der Waals surface area contributed by atoms with Crippen molar-refractivity contribution in [1.29, 1.82) is 0 Å². The normalized spacial score (nSPS) is 20.4. The highest BCUT2D eigenvalue weighted by atomic mass is 35.5. The van der Waals surface area contributed by atoms with Crippen molar-refractivity contribution in [3.8, 4) is 11.5 Å². The van der Waals surface area contributed by atoms with Gasteiger partial charge in [-0.05, 0) is 62.1 Å². The Kier molecular flexibility index (Phi) is 7.00. The van der Waals surface area contributed by atoms with E-state index in [-0.39, 0.29) is 24.8 Å². The molecule has 0 radical (unpaired) electrons. The second-order valence-corrected chi connectivity index (χ2v) is 8.91. The maximum absolute atomic E-state index is 13.0. The van der Waals surface area contributed by atoms with Crippen LogP contribution in [0.1, 0.15) is 31.4 Å². The highest BCUT2D eigenvalue weighted by Gasteiger charge is 2.37. The largest absolute Gasteiger partial charge is 0.454 e. The molecule has 6 nitrogen and oxygen atoms in total. The Balaban J connectivity index is 1.28. The summed E-state index contributed by atoms with van der Waals surface area (Å²) in [6.07, 6.45) is 1.57. The fourth-order valence-electron chi connectivity index (χ4n) is 4.25. The van der Waals surface area contributed by atoms with E-state index in [2.05, 4.69) is 29.4 Å². The minimum absolute atomic E-state index is 0.102. The Morgan fingerprint density at radius 3 is 2.65 bits per heavy atom. The molecular formula is C24H30ClN3O3. The third kappa shape index (κ3) is 5.50. The number of fused-ring (bicyclic) bond motifs is 1. The third-order valence-corrected chi connectivity index (χ3v) is 6.22. The first-order valence-electron chi connectivity index (χ1n) is 10.9. The van der Waals surface area contributed by atoms with E-state index >= 15 is 0 Å². The highest BCUT2D eigenvalue weighted by Crippen LogP contribution is 2.32. The zero-order valence-corrected chi connectivity index (χ0v) is 18.8. The first-order valence-corrected chi connectivity index (χ1v) is 11.3. The second-order valence-electron chi connectivity index (χ2n) is 8.47. The first-order chi connectivity index (χ1) is 15.0. The molecule has 2 aromatic rings. The van der Waals surface area contributed by atoms with Crippen LogP contribution in [0.3, 0.4) is 0 Å². The van der Waals surface area contributed by atoms with Crippen LogP contribution in [0.2, 0.25) is 5.02 Å². The summed E-state index contributed by atoms with van der Waals surface area (Å²) in [5.41, 5.74) is 2.32. The summed E-state index contributed by atoms with van der Waals surface area (Å²) >= 11 is 5.97. The number of rotatable bonds is 8. The summed E-state index contributed by atoms with van der Waals surface area (Å²) in [6, 6.07) is 14.3. The van der Waals surface area contributed by atoms with E-state index in [0.717, 1.165) is 48.0 Å². The lowest BCUT2D eigenvalue weighted by atomic mass is 10.1. The van der Waals surface area contributed by atoms with E-state index in [9.17, 15) is 4.79 Å². The van der Waals surface area contributed by atoms with Crippen LogP contribution in [-0.4, -0.2) is 48.8 Å². The van der Waals surface area contributed by atoms with Gasteiger partial charge in [0.1, 0.15) is 0 Å². The summed E-state index contributed by atoms with van der Waals surface area (Å²) < 4.78 is 10.8. The maximum atomic E-state index is 13.0. The molecule has 31 heavy (non-hydrogen) atoms. The topological polar surface area (TPSA) is 62.8 Å². The van der Waals surface area contributed by atoms with E-state index in [1.165, 1.54) is 5.56 Å². The van der Waals surface area contributed by atoms with Gasteiger partial charge in [0, 0.05) is 36.7 Å². The Labute approximate surface area is 188 Å². The predicted molar refractivity (Wildman–Crippen MR) is 122 cm³/mol. The van der Waals surface area contributed by atoms with Gasteiger partial charge in [-0.2, -0.15) is 0 Å². The molecule has 0 saturated carbocycles. The number of carbonyl (C=O) groups excluding carboxylic acids is 1. The molecule has 2 aliphatic heterocycles. The summed E-state index contributed by atoms with van der Waals surface area (Å²) in [7, 11) is 0. The summed E-state index contributed by atoms with van der Waals surface area (Å²) in [5, 5.41) is 7.48. The maximum Gasteiger partial charge on any atom is 0.237 e. The molecule has 2 heterocycles. The van der Waals surface area contributed by atoms with Crippen LogP contribution in [-0.2, 0) is 17.8 Å². The zero-order valence-electron chi connectivity index (χ0n) is 18.1. The molecule has 0 aliphatic carbocycles. The molecule has 0 aromatic heterocycles. The van der Waals surface area contributed by atoms with Gasteiger partial charge in [-0.25, -0.2) is 0 Å². The number of ether oxygens (including phenoxy) is 2. The van der Waals surface area contributed by atoms with E-state index in [1.54, 1.807) is 0 Å². The molecule has 2 atom stereocenters. The predicted octanol–water partition coefficient (Wildman–Crippen LogP) is 3.37. The van der Waals surface area contributed by atoms with Crippen molar-refractivity contribution in [3.05, 3.63) is 58.6 Å². The van der Waals surface area contributed by atoms with Crippen molar-refractivity contribution < 1.29 is 14.3 Å². The lowest BCUT2D eigenvalue weighted by Gasteiger charge is -2.27. The van der Waals surface area contributed by atoms with Gasteiger partial charge in [-0.1, -0.05) is 29.8 Å². The molecule has 0 unspecified atom stereocenters. The SMILES string of the molecule is CC(C)N1C[C@@H](NCc2ccc(Cl)cc2)C[C@H]1C(=O)NCCc1ccc2c(c1)OCO2. The van der Waals surface area contributed by atoms with Crippen molar-refractivity contribution >= 4 is 17.5 Å². The van der Waals surface area contributed by atoms with Gasteiger partial charge >= 0.3 is 0 Å². The number of nitrogens with zero attached hydrogens (tertiary/aromatic N) is 1. The van der Waals surface area contributed by atoms with Crippen LogP contribution >= 0.6 is 11.6 Å². The van der Waals surface area contributed by atoms with E-state index in [0.29, 0.717) is 12.6 Å². The number of likely N-dealkylation sites (tertiary alicyclic amines) is 1. The molecular weight excluding hydrogens is 414 g/mol. The fourth-order valence-corrected chi connectivity index (χ4v) is 4.37. The van der Waals surface area contributed by atoms with Crippen LogP contribution in [0.15, 0.2) is 42.5 Å². The van der Waals surface area contributed by atoms with Crippen LogP contribution in [0, 0.1) is 0 Å². The average Bonchev–Trinajstić information content (AvgIpc) is 3.40. The number of nitrogens with one attached hydrogen (secondary N) is 2. The minimum atomic E-state index is -0.112. The van der Waals surface area contributed by atoms with Crippen molar-refractivity contribution in [3.63, 3.8) is 0 Å². The smallest absolute Gasteiger partial charge is 0.237 e. The third-order valence-electron chi connectivity index (χ3n) is 5.96. The summed E-state index contributed by atoms with van der Waals surface area (Å²) in [6.45, 7) is 6.81. The van der Waals surface area contributed by atoms with Gasteiger partial charge < -0.3 is 20.1 Å². The fraction of sp³-hybridized carbons (Fsp3) is 0.458. The van der Waals surface area contributed by atoms with Gasteiger partial charge in [-0.3, -0.25) is 9.69 Å². The van der Waals surface area contributed by atoms with Crippen LogP contribution in [0.25, 0.3) is 0 Å². The standard InChI is InChI=1S/C24H30ClN3O3/c1-16(2)28-14-20(27-13-18-3-6-19(25)7-4-18)12-21(28)24(29)26-10-9-17-5-8-22-23(11-17)31-15-30-22/h3-8,11,16,20-21,27H,9-10,12-15H2,1-2H3,(H,26,29)/t20-,21-/m0/s1. The Morgan fingerprint density at radius 1 is 1.13 bits per heavy atom. The monoisotopic (exact) mass is 443 g/mol. The average molecular weight is 444 g/mol. The molecule has 4 rings (SSSR count). The number of carbonyl (C=O) groups is 1. The second kappa shape index (κ2) is 9.90. The zero-order chi connectivity index (χ0) is 21.8. The molecule has 0 bridgehead atoms. The molecule has 1 amide bonds. The van der Waals surface area contributed by atoms with Gasteiger partial charge in [0.05, 0.1) is 6.04 Å². The van der Waals surface area contributed by atoms with Crippen LogP contribution in [0.5, 0.6) is 11.5 Å². The summed E-state index contributed by atoms with van der Waals surface area (Å²) in [4.78, 5) is 15.2. The minimum Gasteiger partial charge on any atom is -0.454 e. The quantitative estimate of drug-likeness (QED) is 0.655. The molecule has 0 spiro atoms. The van der Waals surface area contributed by atoms with Gasteiger partial charge in [-0.15, -0.1) is 0 Å². The first kappa shape index (κ1) is 21.9. The number of halogens is 1. The molecule has 2 N–H and O–H groups in total. The number of hydrogen-bond acceptors (Lipinski definition) is 5. The highest BCUT2D eigenvalue weighted by molar-refractivity contribution is 6.30. The van der Waals surface area contributed by atoms with Gasteiger partial charge in [0.15, 0.2) is 11.5 Å². The molecule has 2 aliphatic rings. The van der Waals surface area contributed by atoms with Gasteiger partial charge in [0.2, 0.25) is 12.7 Å². The van der Waals surface area contributed by atoms with Gasteiger partial charge in [0.25, 0.3) is 0 Å². The van der Waals surface area contributed by atoms with E-state index in [4.69, 9.17) is 21.1 Å². The van der Waals surface area contributed by atoms with Crippen molar-refractivity contribution in [2.75, 3.05) is 19.9 Å². The number of amides is 1. The molecule has 1 fully saturated rings. The van der Waals surface area contributed by atoms with E-state index in [1.807, 2.05) is 42.5 Å². The molecule has 7 heteroatoms. The van der Waals surface area contributed by atoms with Crippen molar-refractivity contribution in [2.45, 2.75) is 51.4 Å². The molecule has 1 saturated heterocycles. The lowest BCUT2D eigenvalue weighted by molar-refractivity contribution is -0.126. The van der Waals surface area contributed by atoms with Crippen LogP contribution in [0.4, 0.5) is 0 Å². The Morgan fingerprint density at radius 2 is 1.87 bits per heavy atom. The van der Waals surface area contributed by atoms with E-state index < -0.39 is 0 Å². The lowest BCUT2D eigenvalue weighted by Crippen LogP contribution is -2.46. The molecule has 2 aromatic carbocycles. The van der Waals surface area contributed by atoms with Crippen molar-refractivity contribution in [1.82, 2.24) is 15.5 Å². The number of hydrogen-bond donors (Lipinski definition) is 2. The Bertz CT molecular complexity index is 903. The van der Waals surface area contributed by atoms with Crippen molar-refractivity contribution in [2.24, 2.45) is 0 Å².